The predicted octanol–water partition coefficient (Wildman–Crippen LogP) is 3.06. The Morgan fingerprint density at radius 3 is 2.52 bits per heavy atom. The number of amides is 1. The first-order valence-corrected chi connectivity index (χ1v) is 7.40. The molecule has 5 heteroatoms. The Morgan fingerprint density at radius 2 is 1.87 bits per heavy atom. The molecule has 0 aromatic heterocycles. The smallest absolute Gasteiger partial charge is 0.226 e. The molecule has 0 saturated carbocycles. The molecule has 0 fully saturated rings. The summed E-state index contributed by atoms with van der Waals surface area (Å²) in [5.41, 5.74) is 3.31. The summed E-state index contributed by atoms with van der Waals surface area (Å²) >= 11 is 0. The van der Waals surface area contributed by atoms with E-state index in [0.717, 1.165) is 17.1 Å². The SMILES string of the molecule is CN(C)c1ccc(NC(=O)CCNc2cccc(C#N)c2)cc1. The Kier molecular flexibility index (Phi) is 5.59. The molecule has 118 valence electrons. The van der Waals surface area contributed by atoms with E-state index in [9.17, 15) is 4.79 Å². The van der Waals surface area contributed by atoms with Gasteiger partial charge in [-0.25, -0.2) is 0 Å². The quantitative estimate of drug-likeness (QED) is 0.860. The fraction of sp³-hybridized carbons (Fsp3) is 0.222. The molecule has 0 aliphatic carbocycles. The Hall–Kier alpha value is -3.00. The van der Waals surface area contributed by atoms with Gasteiger partial charge in [-0.3, -0.25) is 4.79 Å². The fourth-order valence-corrected chi connectivity index (χ4v) is 2.09. The Bertz CT molecular complexity index is 702. The molecular formula is C18H20N4O. The van der Waals surface area contributed by atoms with Crippen LogP contribution in [0.25, 0.3) is 0 Å². The van der Waals surface area contributed by atoms with E-state index in [-0.39, 0.29) is 5.91 Å². The van der Waals surface area contributed by atoms with Gasteiger partial charge in [0, 0.05) is 44.1 Å². The van der Waals surface area contributed by atoms with Crippen molar-refractivity contribution in [3.05, 3.63) is 54.1 Å². The van der Waals surface area contributed by atoms with Crippen LogP contribution in [0.3, 0.4) is 0 Å². The first kappa shape index (κ1) is 16.4. The molecule has 2 aromatic rings. The number of carbonyl (C=O) groups excluding carboxylic acids is 1. The molecule has 1 amide bonds. The predicted molar refractivity (Wildman–Crippen MR) is 93.7 cm³/mol. The third-order valence-electron chi connectivity index (χ3n) is 3.34. The maximum absolute atomic E-state index is 11.9. The van der Waals surface area contributed by atoms with Gasteiger partial charge in [0.2, 0.25) is 5.91 Å². The van der Waals surface area contributed by atoms with Gasteiger partial charge in [-0.05, 0) is 42.5 Å². The van der Waals surface area contributed by atoms with Gasteiger partial charge in [0.05, 0.1) is 11.6 Å². The highest BCUT2D eigenvalue weighted by molar-refractivity contribution is 5.91. The molecule has 0 atom stereocenters. The van der Waals surface area contributed by atoms with Gasteiger partial charge in [-0.1, -0.05) is 6.07 Å². The third kappa shape index (κ3) is 5.04. The number of nitriles is 1. The van der Waals surface area contributed by atoms with E-state index in [1.165, 1.54) is 0 Å². The van der Waals surface area contributed by atoms with Crippen LogP contribution in [0, 0.1) is 11.3 Å². The molecule has 0 saturated heterocycles. The van der Waals surface area contributed by atoms with Gasteiger partial charge in [0.25, 0.3) is 0 Å². The summed E-state index contributed by atoms with van der Waals surface area (Å²) in [4.78, 5) is 13.9. The van der Waals surface area contributed by atoms with E-state index >= 15 is 0 Å². The highest BCUT2D eigenvalue weighted by atomic mass is 16.1. The van der Waals surface area contributed by atoms with Crippen molar-refractivity contribution >= 4 is 23.0 Å². The van der Waals surface area contributed by atoms with Crippen LogP contribution < -0.4 is 15.5 Å². The van der Waals surface area contributed by atoms with Crippen LogP contribution in [-0.4, -0.2) is 26.5 Å². The van der Waals surface area contributed by atoms with Crippen molar-refractivity contribution in [3.63, 3.8) is 0 Å². The summed E-state index contributed by atoms with van der Waals surface area (Å²) in [5, 5.41) is 14.9. The monoisotopic (exact) mass is 308 g/mol. The maximum atomic E-state index is 11.9. The van der Waals surface area contributed by atoms with Gasteiger partial charge in [0.15, 0.2) is 0 Å². The van der Waals surface area contributed by atoms with E-state index in [0.29, 0.717) is 18.5 Å². The lowest BCUT2D eigenvalue weighted by atomic mass is 10.2. The molecule has 0 bridgehead atoms. The molecule has 0 heterocycles. The van der Waals surface area contributed by atoms with Crippen LogP contribution in [0.1, 0.15) is 12.0 Å². The fourth-order valence-electron chi connectivity index (χ4n) is 2.09. The minimum absolute atomic E-state index is 0.0495. The van der Waals surface area contributed by atoms with Crippen molar-refractivity contribution in [2.24, 2.45) is 0 Å². The molecule has 23 heavy (non-hydrogen) atoms. The van der Waals surface area contributed by atoms with E-state index < -0.39 is 0 Å². The second kappa shape index (κ2) is 7.85. The first-order chi connectivity index (χ1) is 11.1. The summed E-state index contributed by atoms with van der Waals surface area (Å²) in [6.07, 6.45) is 0.353. The van der Waals surface area contributed by atoms with Crippen molar-refractivity contribution < 1.29 is 4.79 Å². The van der Waals surface area contributed by atoms with Gasteiger partial charge in [-0.2, -0.15) is 5.26 Å². The van der Waals surface area contributed by atoms with Crippen LogP contribution in [-0.2, 0) is 4.79 Å². The first-order valence-electron chi connectivity index (χ1n) is 7.40. The number of hydrogen-bond acceptors (Lipinski definition) is 4. The molecule has 0 spiro atoms. The van der Waals surface area contributed by atoms with Crippen molar-refractivity contribution in [3.8, 4) is 6.07 Å². The summed E-state index contributed by atoms with van der Waals surface area (Å²) in [7, 11) is 3.95. The topological polar surface area (TPSA) is 68.2 Å². The van der Waals surface area contributed by atoms with Gasteiger partial charge in [-0.15, -0.1) is 0 Å². The highest BCUT2D eigenvalue weighted by Crippen LogP contribution is 2.16. The summed E-state index contributed by atoms with van der Waals surface area (Å²) < 4.78 is 0. The Morgan fingerprint density at radius 1 is 1.13 bits per heavy atom. The van der Waals surface area contributed by atoms with Crippen LogP contribution >= 0.6 is 0 Å². The van der Waals surface area contributed by atoms with Crippen molar-refractivity contribution in [1.82, 2.24) is 0 Å². The molecule has 0 unspecified atom stereocenters. The highest BCUT2D eigenvalue weighted by Gasteiger charge is 2.03. The summed E-state index contributed by atoms with van der Waals surface area (Å²) in [5.74, 6) is -0.0495. The number of carbonyl (C=O) groups is 1. The molecule has 5 nitrogen and oxygen atoms in total. The van der Waals surface area contributed by atoms with Crippen LogP contribution in [0.15, 0.2) is 48.5 Å². The normalized spacial score (nSPS) is 9.78. The van der Waals surface area contributed by atoms with Crippen molar-refractivity contribution in [2.45, 2.75) is 6.42 Å². The molecule has 2 rings (SSSR count). The summed E-state index contributed by atoms with van der Waals surface area (Å²) in [6.45, 7) is 0.510. The second-order valence-corrected chi connectivity index (χ2v) is 5.36. The number of nitrogens with zero attached hydrogens (tertiary/aromatic N) is 2. The minimum Gasteiger partial charge on any atom is -0.384 e. The Balaban J connectivity index is 1.79. The largest absolute Gasteiger partial charge is 0.384 e. The Labute approximate surface area is 136 Å². The number of rotatable bonds is 6. The van der Waals surface area contributed by atoms with Crippen molar-refractivity contribution in [2.75, 3.05) is 36.2 Å². The van der Waals surface area contributed by atoms with E-state index in [1.54, 1.807) is 12.1 Å². The van der Waals surface area contributed by atoms with Gasteiger partial charge in [0.1, 0.15) is 0 Å². The zero-order chi connectivity index (χ0) is 16.7. The number of benzene rings is 2. The van der Waals surface area contributed by atoms with E-state index in [2.05, 4.69) is 16.7 Å². The lowest BCUT2D eigenvalue weighted by molar-refractivity contribution is -0.115. The third-order valence-corrected chi connectivity index (χ3v) is 3.34. The molecule has 2 N–H and O–H groups in total. The molecule has 2 aromatic carbocycles. The standard InChI is InChI=1S/C18H20N4O/c1-22(2)17-8-6-15(7-9-17)21-18(23)10-11-20-16-5-3-4-14(12-16)13-19/h3-9,12,20H,10-11H2,1-2H3,(H,21,23). The molecule has 0 aliphatic rings. The maximum Gasteiger partial charge on any atom is 0.226 e. The summed E-state index contributed by atoms with van der Waals surface area (Å²) in [6, 6.07) is 17.0. The van der Waals surface area contributed by atoms with Gasteiger partial charge >= 0.3 is 0 Å². The molecule has 0 aliphatic heterocycles. The molecular weight excluding hydrogens is 288 g/mol. The second-order valence-electron chi connectivity index (χ2n) is 5.36. The lowest BCUT2D eigenvalue weighted by Gasteiger charge is -2.13. The van der Waals surface area contributed by atoms with Crippen LogP contribution in [0.2, 0.25) is 0 Å². The van der Waals surface area contributed by atoms with Crippen LogP contribution in [0.5, 0.6) is 0 Å². The number of anilines is 3. The van der Waals surface area contributed by atoms with Crippen LogP contribution in [0.4, 0.5) is 17.1 Å². The zero-order valence-corrected chi connectivity index (χ0v) is 13.3. The minimum atomic E-state index is -0.0495. The van der Waals surface area contributed by atoms with Crippen molar-refractivity contribution in [1.29, 1.82) is 5.26 Å². The number of hydrogen-bond donors (Lipinski definition) is 2. The average Bonchev–Trinajstić information content (AvgIpc) is 2.55. The van der Waals surface area contributed by atoms with E-state index in [4.69, 9.17) is 5.26 Å². The zero-order valence-electron chi connectivity index (χ0n) is 13.3. The van der Waals surface area contributed by atoms with Gasteiger partial charge < -0.3 is 15.5 Å². The number of nitrogens with one attached hydrogen (secondary N) is 2. The molecule has 0 radical (unpaired) electrons. The van der Waals surface area contributed by atoms with E-state index in [1.807, 2.05) is 55.4 Å². The average molecular weight is 308 g/mol. The lowest BCUT2D eigenvalue weighted by Crippen LogP contribution is -2.16.